The van der Waals surface area contributed by atoms with Gasteiger partial charge in [-0.3, -0.25) is 4.79 Å². The van der Waals surface area contributed by atoms with E-state index >= 15 is 0 Å². The van der Waals surface area contributed by atoms with E-state index in [1.807, 2.05) is 0 Å². The Bertz CT molecular complexity index is 770. The molecule has 0 heterocycles. The number of anilines is 1. The van der Waals surface area contributed by atoms with Crippen LogP contribution < -0.4 is 10.1 Å². The van der Waals surface area contributed by atoms with Crippen molar-refractivity contribution in [3.8, 4) is 5.75 Å². The Hall–Kier alpha value is -2.54. The number of sulfonamides is 1. The second-order valence-electron chi connectivity index (χ2n) is 4.44. The Morgan fingerprint density at radius 2 is 1.73 bits per heavy atom. The van der Waals surface area contributed by atoms with Crippen LogP contribution in [0.4, 0.5) is 11.4 Å². The quantitative estimate of drug-likeness (QED) is 0.917. The highest BCUT2D eigenvalue weighted by molar-refractivity contribution is 7.94. The second kappa shape index (κ2) is 6.48. The zero-order valence-corrected chi connectivity index (χ0v) is 12.9. The van der Waals surface area contributed by atoms with Gasteiger partial charge in [-0.25, -0.2) is 8.42 Å². The fraction of sp³-hybridized carbons (Fsp3) is 0.133. The predicted octanol–water partition coefficient (Wildman–Crippen LogP) is 3.05. The predicted molar refractivity (Wildman–Crippen MR) is 83.9 cm³/mol. The van der Waals surface area contributed by atoms with Gasteiger partial charge in [-0.2, -0.15) is 0 Å². The molecule has 0 bridgehead atoms. The van der Waals surface area contributed by atoms with Crippen LogP contribution in [0.25, 0.3) is 4.72 Å². The molecule has 1 N–H and O–H groups in total. The Morgan fingerprint density at radius 3 is 2.32 bits per heavy atom. The van der Waals surface area contributed by atoms with Crippen LogP contribution in [0.5, 0.6) is 5.75 Å². The third-order valence-electron chi connectivity index (χ3n) is 2.78. The molecule has 0 saturated carbocycles. The maximum atomic E-state index is 12.3. The number of para-hydroxylation sites is 1. The van der Waals surface area contributed by atoms with Gasteiger partial charge in [-0.1, -0.05) is 23.9 Å². The van der Waals surface area contributed by atoms with Gasteiger partial charge in [-0.05, 0) is 30.3 Å². The number of nitrogens with one attached hydrogen (secondary N) is 1. The van der Waals surface area contributed by atoms with Gasteiger partial charge in [-0.15, -0.1) is 0 Å². The molecule has 7 heteroatoms. The lowest BCUT2D eigenvalue weighted by Crippen LogP contribution is -2.06. The summed E-state index contributed by atoms with van der Waals surface area (Å²) in [5, 5.41) is 2.57. The first kappa shape index (κ1) is 15.8. The van der Waals surface area contributed by atoms with Crippen LogP contribution in [0.2, 0.25) is 0 Å². The molecule has 22 heavy (non-hydrogen) atoms. The largest absolute Gasteiger partial charge is 0.570 e. The van der Waals surface area contributed by atoms with E-state index in [2.05, 4.69) is 10.0 Å². The average molecular weight is 319 g/mol. The van der Waals surface area contributed by atoms with Crippen LogP contribution in [0, 0.1) is 0 Å². The first-order valence-electron chi connectivity index (χ1n) is 6.41. The minimum Gasteiger partial charge on any atom is -0.570 e. The Morgan fingerprint density at radius 1 is 1.09 bits per heavy atom. The molecule has 0 fully saturated rings. The van der Waals surface area contributed by atoms with E-state index in [1.165, 1.54) is 38.3 Å². The normalized spacial score (nSPS) is 10.8. The number of methoxy groups -OCH3 is 1. The molecule has 0 aromatic heterocycles. The van der Waals surface area contributed by atoms with E-state index in [4.69, 9.17) is 4.74 Å². The van der Waals surface area contributed by atoms with Crippen molar-refractivity contribution in [3.63, 3.8) is 0 Å². The molecule has 0 saturated heterocycles. The molecule has 6 nitrogen and oxygen atoms in total. The van der Waals surface area contributed by atoms with Crippen LogP contribution in [0.3, 0.4) is 0 Å². The summed E-state index contributed by atoms with van der Waals surface area (Å²) in [5.74, 6) is 0.148. The first-order chi connectivity index (χ1) is 10.4. The van der Waals surface area contributed by atoms with E-state index in [9.17, 15) is 13.2 Å². The number of hydrogen-bond acceptors (Lipinski definition) is 4. The van der Waals surface area contributed by atoms with E-state index < -0.39 is 10.0 Å². The minimum absolute atomic E-state index is 0.0347. The molecule has 0 spiro atoms. The summed E-state index contributed by atoms with van der Waals surface area (Å²) in [7, 11) is -2.41. The number of nitrogens with zero attached hydrogens (tertiary/aromatic N) is 1. The van der Waals surface area contributed by atoms with Gasteiger partial charge < -0.3 is 14.8 Å². The van der Waals surface area contributed by atoms with Gasteiger partial charge in [0.15, 0.2) is 0 Å². The van der Waals surface area contributed by atoms with Gasteiger partial charge >= 0.3 is 0 Å². The molecule has 0 aliphatic carbocycles. The lowest BCUT2D eigenvalue weighted by Gasteiger charge is -2.24. The zero-order valence-electron chi connectivity index (χ0n) is 12.1. The van der Waals surface area contributed by atoms with E-state index in [0.29, 0.717) is 11.4 Å². The summed E-state index contributed by atoms with van der Waals surface area (Å²) in [6.07, 6.45) is 0. The van der Waals surface area contributed by atoms with Crippen molar-refractivity contribution in [2.75, 3.05) is 12.4 Å². The number of carbonyl (C=O) groups is 1. The Balaban J connectivity index is 2.25. The number of benzene rings is 2. The Labute approximate surface area is 129 Å². The molecule has 0 aliphatic rings. The lowest BCUT2D eigenvalue weighted by molar-refractivity contribution is -0.114. The van der Waals surface area contributed by atoms with Crippen LogP contribution in [-0.4, -0.2) is 21.4 Å². The topological polar surface area (TPSA) is 86.6 Å². The maximum absolute atomic E-state index is 12.3. The van der Waals surface area contributed by atoms with Crippen LogP contribution >= 0.6 is 0 Å². The smallest absolute Gasteiger partial charge is 0.221 e. The highest BCUT2D eigenvalue weighted by Crippen LogP contribution is 2.35. The van der Waals surface area contributed by atoms with Gasteiger partial charge in [0.2, 0.25) is 5.91 Å². The molecule has 0 unspecified atom stereocenters. The Kier molecular flexibility index (Phi) is 4.67. The van der Waals surface area contributed by atoms with Crippen molar-refractivity contribution in [2.24, 2.45) is 0 Å². The van der Waals surface area contributed by atoms with Crippen molar-refractivity contribution >= 4 is 27.3 Å². The molecular formula is C15H15N2O4S-. The van der Waals surface area contributed by atoms with Crippen LogP contribution in [0.15, 0.2) is 53.4 Å². The van der Waals surface area contributed by atoms with Crippen molar-refractivity contribution in [2.45, 2.75) is 11.8 Å². The van der Waals surface area contributed by atoms with E-state index in [-0.39, 0.29) is 16.5 Å². The summed E-state index contributed by atoms with van der Waals surface area (Å²) in [6.45, 7) is 1.38. The second-order valence-corrected chi connectivity index (χ2v) is 6.05. The number of ether oxygens (including phenoxy) is 1. The van der Waals surface area contributed by atoms with Crippen molar-refractivity contribution < 1.29 is 17.9 Å². The summed E-state index contributed by atoms with van der Waals surface area (Å²) in [5.41, 5.74) is 0.750. The van der Waals surface area contributed by atoms with E-state index in [1.54, 1.807) is 24.3 Å². The van der Waals surface area contributed by atoms with Crippen LogP contribution in [0.1, 0.15) is 6.92 Å². The van der Waals surface area contributed by atoms with Crippen LogP contribution in [-0.2, 0) is 14.8 Å². The molecule has 116 valence electrons. The first-order valence-corrected chi connectivity index (χ1v) is 7.85. The molecule has 0 radical (unpaired) electrons. The fourth-order valence-corrected chi connectivity index (χ4v) is 2.80. The third kappa shape index (κ3) is 3.76. The van der Waals surface area contributed by atoms with Crippen molar-refractivity contribution in [1.29, 1.82) is 0 Å². The van der Waals surface area contributed by atoms with Crippen molar-refractivity contribution in [3.05, 3.63) is 53.3 Å². The lowest BCUT2D eigenvalue weighted by atomic mass is 10.3. The van der Waals surface area contributed by atoms with Gasteiger partial charge in [0.05, 0.1) is 12.0 Å². The standard InChI is InChI=1S/C15H15N2O4S/c1-11(18)16-12-7-9-13(10-8-12)22(19,20)17-14-5-3-4-6-15(14)21-2/h3-10H,1-2H3,(H,16,18)/q-1. The average Bonchev–Trinajstić information content (AvgIpc) is 2.47. The summed E-state index contributed by atoms with van der Waals surface area (Å²) >= 11 is 0. The summed E-state index contributed by atoms with van der Waals surface area (Å²) < 4.78 is 33.5. The molecule has 1 amide bonds. The maximum Gasteiger partial charge on any atom is 0.221 e. The molecule has 2 rings (SSSR count). The highest BCUT2D eigenvalue weighted by Gasteiger charge is 2.07. The zero-order chi connectivity index (χ0) is 16.2. The summed E-state index contributed by atoms with van der Waals surface area (Å²) in [4.78, 5) is 11.0. The fourth-order valence-electron chi connectivity index (χ4n) is 1.80. The SMILES string of the molecule is COc1ccccc1[N-]S(=O)(=O)c1ccc(NC(C)=O)cc1. The molecule has 0 aliphatic heterocycles. The number of carbonyl (C=O) groups excluding carboxylic acids is 1. The molecular weight excluding hydrogens is 304 g/mol. The minimum atomic E-state index is -3.86. The number of hydrogen-bond donors (Lipinski definition) is 1. The monoisotopic (exact) mass is 319 g/mol. The van der Waals surface area contributed by atoms with Gasteiger partial charge in [0.1, 0.15) is 15.8 Å². The van der Waals surface area contributed by atoms with Gasteiger partial charge in [0.25, 0.3) is 0 Å². The van der Waals surface area contributed by atoms with Crippen molar-refractivity contribution in [1.82, 2.24) is 0 Å². The van der Waals surface area contributed by atoms with Gasteiger partial charge in [0, 0.05) is 12.6 Å². The third-order valence-corrected chi connectivity index (χ3v) is 4.08. The summed E-state index contributed by atoms with van der Waals surface area (Å²) in [6, 6.07) is 12.4. The molecule has 2 aromatic carbocycles. The highest BCUT2D eigenvalue weighted by atomic mass is 32.2. The molecule has 2 aromatic rings. The van der Waals surface area contributed by atoms with E-state index in [0.717, 1.165) is 0 Å². The molecule has 0 atom stereocenters. The number of rotatable bonds is 5. The number of amides is 1.